The molecule has 0 fully saturated rings. The van der Waals surface area contributed by atoms with E-state index >= 15 is 0 Å². The van der Waals surface area contributed by atoms with Crippen LogP contribution in [0.4, 0.5) is 0 Å². The van der Waals surface area contributed by atoms with E-state index in [1.165, 1.54) is 18.2 Å². The van der Waals surface area contributed by atoms with Crippen molar-refractivity contribution in [1.29, 1.82) is 0 Å². The van der Waals surface area contributed by atoms with Crippen LogP contribution in [0, 0.1) is 20.8 Å². The van der Waals surface area contributed by atoms with Crippen LogP contribution in [0.5, 0.6) is 57.5 Å². The lowest BCUT2D eigenvalue weighted by molar-refractivity contribution is 0.350. The Morgan fingerprint density at radius 3 is 1.86 bits per heavy atom. The van der Waals surface area contributed by atoms with Gasteiger partial charge < -0.3 is 56.4 Å². The molecule has 0 bridgehead atoms. The fourth-order valence-electron chi connectivity index (χ4n) is 7.76. The highest BCUT2D eigenvalue weighted by Gasteiger charge is 2.31. The van der Waals surface area contributed by atoms with Gasteiger partial charge in [0.2, 0.25) is 11.5 Å². The van der Waals surface area contributed by atoms with Gasteiger partial charge in [-0.15, -0.1) is 0 Å². The predicted octanol–water partition coefficient (Wildman–Crippen LogP) is 5.93. The number of hydrogen-bond donors (Lipinski definition) is 12. The van der Waals surface area contributed by atoms with Crippen LogP contribution in [-0.2, 0) is 0 Å². The number of amidine groups is 1. The third-order valence-electron chi connectivity index (χ3n) is 10.4. The van der Waals surface area contributed by atoms with Crippen molar-refractivity contribution in [3.63, 3.8) is 0 Å². The Hall–Kier alpha value is -7.19. The third kappa shape index (κ3) is 5.41. The van der Waals surface area contributed by atoms with E-state index in [0.717, 1.165) is 6.07 Å². The van der Waals surface area contributed by atoms with Crippen molar-refractivity contribution >= 4 is 51.5 Å². The molecule has 0 saturated heterocycles. The molecule has 56 heavy (non-hydrogen) atoms. The second kappa shape index (κ2) is 12.7. The van der Waals surface area contributed by atoms with E-state index in [2.05, 4.69) is 10.6 Å². The second-order valence-corrected chi connectivity index (χ2v) is 14.0. The summed E-state index contributed by atoms with van der Waals surface area (Å²) in [5.41, 5.74) is 2.69. The van der Waals surface area contributed by atoms with E-state index in [-0.39, 0.29) is 73.3 Å². The number of nitrogens with zero attached hydrogens (tertiary/aromatic N) is 1. The molecule has 0 aliphatic carbocycles. The van der Waals surface area contributed by atoms with Crippen LogP contribution in [0.2, 0.25) is 0 Å². The van der Waals surface area contributed by atoms with Crippen LogP contribution in [0.1, 0.15) is 45.7 Å². The number of phenols is 10. The molecule has 7 aromatic rings. The number of fused-ring (bicyclic) bond motifs is 5. The van der Waals surface area contributed by atoms with Crippen molar-refractivity contribution in [2.24, 2.45) is 4.99 Å². The Morgan fingerprint density at radius 1 is 0.536 bits per heavy atom. The number of rotatable bonds is 4. The minimum absolute atomic E-state index is 0.0200. The summed E-state index contributed by atoms with van der Waals surface area (Å²) >= 11 is 0. The summed E-state index contributed by atoms with van der Waals surface area (Å²) in [6, 6.07) is 17.5. The van der Waals surface area contributed by atoms with Crippen molar-refractivity contribution in [1.82, 2.24) is 10.6 Å². The quantitative estimate of drug-likeness (QED) is 0.0434. The zero-order valence-corrected chi connectivity index (χ0v) is 30.0. The summed E-state index contributed by atoms with van der Waals surface area (Å²) in [6.45, 7) is 4.98. The van der Waals surface area contributed by atoms with Crippen LogP contribution in [0.25, 0.3) is 43.4 Å². The molecule has 1 aliphatic heterocycles. The summed E-state index contributed by atoms with van der Waals surface area (Å²) in [4.78, 5) is 4.77. The molecule has 2 unspecified atom stereocenters. The van der Waals surface area contributed by atoms with E-state index in [9.17, 15) is 51.1 Å². The van der Waals surface area contributed by atoms with Crippen molar-refractivity contribution < 1.29 is 51.1 Å². The van der Waals surface area contributed by atoms with Crippen molar-refractivity contribution in [2.45, 2.75) is 33.1 Å². The first-order valence-electron chi connectivity index (χ1n) is 17.3. The zero-order chi connectivity index (χ0) is 40.1. The van der Waals surface area contributed by atoms with Gasteiger partial charge in [-0.25, -0.2) is 4.99 Å². The number of aryl methyl sites for hydroxylation is 2. The van der Waals surface area contributed by atoms with Gasteiger partial charge in [-0.2, -0.15) is 0 Å². The number of benzene rings is 7. The average molecular weight is 752 g/mol. The lowest BCUT2D eigenvalue weighted by Gasteiger charge is -2.33. The minimum Gasteiger partial charge on any atom is -0.508 e. The highest BCUT2D eigenvalue weighted by atomic mass is 16.3. The van der Waals surface area contributed by atoms with Gasteiger partial charge in [0.1, 0.15) is 60.5 Å². The lowest BCUT2D eigenvalue weighted by atomic mass is 9.82. The molecule has 14 heteroatoms. The maximum absolute atomic E-state index is 11.7. The van der Waals surface area contributed by atoms with Gasteiger partial charge in [0.15, 0.2) is 11.5 Å². The second-order valence-electron chi connectivity index (χ2n) is 14.0. The Morgan fingerprint density at radius 2 is 1.18 bits per heavy atom. The molecule has 7 aromatic carbocycles. The summed E-state index contributed by atoms with van der Waals surface area (Å²) in [5, 5.41) is 116. The fraction of sp³-hybridized carbons (Fsp3) is 0.119. The molecule has 12 N–H and O–H groups in total. The number of hydrogen-bond acceptors (Lipinski definition) is 13. The summed E-state index contributed by atoms with van der Waals surface area (Å²) in [5.74, 6) is -4.94. The van der Waals surface area contributed by atoms with Crippen LogP contribution in [-0.4, -0.2) is 64.7 Å². The van der Waals surface area contributed by atoms with E-state index < -0.39 is 35.3 Å². The molecule has 2 radical (unpaired) electrons. The Balaban J connectivity index is 1.31. The third-order valence-corrected chi connectivity index (χ3v) is 10.4. The Bertz CT molecular complexity index is 2820. The molecule has 1 aliphatic rings. The number of phenolic OH excluding ortho intramolecular Hbond substituents is 10. The number of aromatic hydroxyl groups is 10. The number of aliphatic imine (C=N–C) groups is 1. The van der Waals surface area contributed by atoms with Crippen LogP contribution >= 0.6 is 0 Å². The van der Waals surface area contributed by atoms with Gasteiger partial charge in [0, 0.05) is 28.0 Å². The van der Waals surface area contributed by atoms with Crippen LogP contribution in [0.15, 0.2) is 71.7 Å². The average Bonchev–Trinajstić information content (AvgIpc) is 3.15. The molecule has 13 nitrogen and oxygen atoms in total. The first-order valence-corrected chi connectivity index (χ1v) is 17.3. The summed E-state index contributed by atoms with van der Waals surface area (Å²) < 4.78 is 0. The van der Waals surface area contributed by atoms with Crippen LogP contribution in [0.3, 0.4) is 0 Å². The van der Waals surface area contributed by atoms with Gasteiger partial charge in [0.25, 0.3) is 0 Å². The number of nitrogens with one attached hydrogen (secondary N) is 2. The van der Waals surface area contributed by atoms with E-state index in [1.807, 2.05) is 6.07 Å². The zero-order valence-electron chi connectivity index (χ0n) is 30.0. The summed E-state index contributed by atoms with van der Waals surface area (Å²) in [7, 11) is 6.57. The molecule has 0 amide bonds. The van der Waals surface area contributed by atoms with E-state index in [4.69, 9.17) is 12.8 Å². The normalized spacial score (nSPS) is 15.7. The first kappa shape index (κ1) is 35.8. The molecular weight excluding hydrogens is 717 g/mol. The largest absolute Gasteiger partial charge is 0.508 e. The predicted molar refractivity (Wildman–Crippen MR) is 212 cm³/mol. The van der Waals surface area contributed by atoms with Crippen LogP contribution < -0.4 is 16.1 Å². The topological polar surface area (TPSA) is 239 Å². The SMILES string of the molecule is [B]c1c(O)c(-c2cc(C)cc(O)c2)c(C)c(O)c1C1=NC(c2cc(O)cc(O)c2)NC(c2ccc3c(ccc4c(C)c(O)c5c(O)c(O)c(O)c(O)c5c43)c2)N1. The van der Waals surface area contributed by atoms with Crippen molar-refractivity contribution in [2.75, 3.05) is 0 Å². The van der Waals surface area contributed by atoms with E-state index in [0.29, 0.717) is 49.4 Å². The highest BCUT2D eigenvalue weighted by Crippen LogP contribution is 2.55. The molecule has 280 valence electrons. The van der Waals surface area contributed by atoms with Gasteiger partial charge in [-0.05, 0) is 101 Å². The Kier molecular flexibility index (Phi) is 8.13. The smallest absolute Gasteiger partial charge is 0.205 e. The standard InChI is InChI=1S/C42H34BN3O10/c1-15-8-20(11-22(47)9-15)27-17(3)34(51)31(32(43)35(27)52)42-45-40(44-41(46-42)21-12-23(48)14-24(49)13-21)19-5-7-26-18(10-19)4-6-25-16(2)33(50)30-29(28(25)26)36(53)38(55)39(56)37(30)54/h4-14,40-41,44,47-56H,1-3H3,(H,45,46). The first-order chi connectivity index (χ1) is 26.5. The molecule has 2 atom stereocenters. The van der Waals surface area contributed by atoms with Gasteiger partial charge in [-0.1, -0.05) is 30.3 Å². The van der Waals surface area contributed by atoms with Gasteiger partial charge >= 0.3 is 0 Å². The fourth-order valence-corrected chi connectivity index (χ4v) is 7.76. The van der Waals surface area contributed by atoms with Gasteiger partial charge in [-0.3, -0.25) is 5.32 Å². The van der Waals surface area contributed by atoms with E-state index in [1.54, 1.807) is 57.2 Å². The molecular formula is C42H34BN3O10. The summed E-state index contributed by atoms with van der Waals surface area (Å²) in [6.07, 6.45) is -1.76. The molecule has 0 saturated carbocycles. The maximum Gasteiger partial charge on any atom is 0.205 e. The molecule has 0 aromatic heterocycles. The lowest BCUT2D eigenvalue weighted by Crippen LogP contribution is -2.46. The van der Waals surface area contributed by atoms with Crippen molar-refractivity contribution in [3.8, 4) is 68.6 Å². The molecule has 8 rings (SSSR count). The molecule has 1 heterocycles. The minimum atomic E-state index is -0.979. The molecule has 0 spiro atoms. The van der Waals surface area contributed by atoms with Crippen molar-refractivity contribution in [3.05, 3.63) is 100 Å². The highest BCUT2D eigenvalue weighted by molar-refractivity contribution is 6.40. The Labute approximate surface area is 319 Å². The van der Waals surface area contributed by atoms with Gasteiger partial charge in [0.05, 0.1) is 10.9 Å². The maximum atomic E-state index is 11.7. The monoisotopic (exact) mass is 751 g/mol.